The van der Waals surface area contributed by atoms with E-state index in [0.717, 1.165) is 53.9 Å². The second kappa shape index (κ2) is 12.8. The van der Waals surface area contributed by atoms with Crippen molar-refractivity contribution in [2.45, 2.75) is 44.1 Å². The molecule has 2 fully saturated rings. The van der Waals surface area contributed by atoms with Crippen LogP contribution >= 0.6 is 11.6 Å². The first-order valence-electron chi connectivity index (χ1n) is 13.4. The van der Waals surface area contributed by atoms with Gasteiger partial charge in [-0.05, 0) is 92.1 Å². The number of ketones is 1. The molecule has 3 aromatic rings. The maximum atomic E-state index is 12.5. The number of piperidine rings is 1. The van der Waals surface area contributed by atoms with E-state index in [1.54, 1.807) is 19.1 Å². The Morgan fingerprint density at radius 3 is 2.18 bits per heavy atom. The lowest BCUT2D eigenvalue weighted by Crippen LogP contribution is -2.47. The fraction of sp³-hybridized carbons (Fsp3) is 0.375. The lowest BCUT2D eigenvalue weighted by atomic mass is 9.70. The van der Waals surface area contributed by atoms with Crippen LogP contribution in [0, 0.1) is 11.7 Å². The van der Waals surface area contributed by atoms with E-state index in [9.17, 15) is 14.0 Å². The number of hydrogen-bond donors (Lipinski definition) is 1. The topological polar surface area (TPSA) is 60.9 Å². The van der Waals surface area contributed by atoms with Crippen molar-refractivity contribution >= 4 is 23.5 Å². The standard InChI is InChI=1S/C23H26ClNO.C9H10FNO2/c1-17(26)23(20-5-3-2-4-6-20)11-13-25(14-12-23)16-19-15-22(19)18-7-9-21(24)10-8-18;1-11(9(12)13)6-7-2-4-8(10)5-3-7/h2-10,19,22H,11-16H2,1H3;2-5H,6H2,1H3,(H,12,13)/t19-,22+;/m0./s1. The third kappa shape index (κ3) is 7.46. The molecule has 1 saturated heterocycles. The van der Waals surface area contributed by atoms with E-state index in [2.05, 4.69) is 29.2 Å². The average molecular weight is 551 g/mol. The van der Waals surface area contributed by atoms with Crippen molar-refractivity contribution in [3.05, 3.63) is 106 Å². The van der Waals surface area contributed by atoms with Gasteiger partial charge in [-0.1, -0.05) is 66.2 Å². The fourth-order valence-corrected chi connectivity index (χ4v) is 5.68. The minimum absolute atomic E-state index is 0.273. The summed E-state index contributed by atoms with van der Waals surface area (Å²) in [6.07, 6.45) is 2.15. The molecule has 0 radical (unpaired) electrons. The van der Waals surface area contributed by atoms with Crippen LogP contribution in [-0.2, 0) is 16.8 Å². The van der Waals surface area contributed by atoms with E-state index in [4.69, 9.17) is 16.7 Å². The zero-order valence-corrected chi connectivity index (χ0v) is 23.3. The number of amides is 1. The molecule has 1 aliphatic carbocycles. The number of carbonyl (C=O) groups is 2. The Labute approximate surface area is 235 Å². The van der Waals surface area contributed by atoms with Gasteiger partial charge in [0.15, 0.2) is 0 Å². The molecule has 3 aromatic carbocycles. The fourth-order valence-electron chi connectivity index (χ4n) is 5.55. The van der Waals surface area contributed by atoms with E-state index in [0.29, 0.717) is 11.7 Å². The molecule has 1 saturated carbocycles. The Morgan fingerprint density at radius 1 is 1.00 bits per heavy atom. The zero-order valence-electron chi connectivity index (χ0n) is 22.5. The van der Waals surface area contributed by atoms with Gasteiger partial charge in [0.1, 0.15) is 11.6 Å². The summed E-state index contributed by atoms with van der Waals surface area (Å²) >= 11 is 6.00. The number of likely N-dealkylation sites (tertiary alicyclic amines) is 1. The van der Waals surface area contributed by atoms with Crippen molar-refractivity contribution in [2.75, 3.05) is 26.7 Å². The number of benzene rings is 3. The summed E-state index contributed by atoms with van der Waals surface area (Å²) in [6, 6.07) is 24.4. The van der Waals surface area contributed by atoms with Crippen molar-refractivity contribution in [3.63, 3.8) is 0 Å². The second-order valence-corrected chi connectivity index (χ2v) is 11.2. The molecule has 206 valence electrons. The highest BCUT2D eigenvalue weighted by Crippen LogP contribution is 2.48. The molecule has 1 heterocycles. The molecule has 0 spiro atoms. The lowest BCUT2D eigenvalue weighted by Gasteiger charge is -2.40. The van der Waals surface area contributed by atoms with Gasteiger partial charge in [0.05, 0.1) is 5.41 Å². The maximum absolute atomic E-state index is 12.5. The molecule has 1 N–H and O–H groups in total. The van der Waals surface area contributed by atoms with E-state index in [1.165, 1.54) is 36.7 Å². The first kappa shape index (κ1) is 28.8. The predicted octanol–water partition coefficient (Wildman–Crippen LogP) is 7.00. The van der Waals surface area contributed by atoms with Crippen molar-refractivity contribution in [1.82, 2.24) is 9.80 Å². The summed E-state index contributed by atoms with van der Waals surface area (Å²) < 4.78 is 12.5. The van der Waals surface area contributed by atoms with E-state index in [1.807, 2.05) is 30.3 Å². The minimum atomic E-state index is -0.996. The van der Waals surface area contributed by atoms with Gasteiger partial charge in [0.2, 0.25) is 0 Å². The Balaban J connectivity index is 0.000000229. The quantitative estimate of drug-likeness (QED) is 0.344. The normalized spacial score (nSPS) is 19.9. The molecule has 2 aliphatic rings. The maximum Gasteiger partial charge on any atom is 0.407 e. The van der Waals surface area contributed by atoms with Crippen LogP contribution < -0.4 is 0 Å². The molecule has 1 amide bonds. The number of carbonyl (C=O) groups excluding carboxylic acids is 1. The molecular weight excluding hydrogens is 515 g/mol. The predicted molar refractivity (Wildman–Crippen MR) is 153 cm³/mol. The summed E-state index contributed by atoms with van der Waals surface area (Å²) in [6.45, 7) is 5.21. The average Bonchev–Trinajstić information content (AvgIpc) is 3.70. The van der Waals surface area contributed by atoms with Crippen molar-refractivity contribution in [1.29, 1.82) is 0 Å². The highest BCUT2D eigenvalue weighted by atomic mass is 35.5. The summed E-state index contributed by atoms with van der Waals surface area (Å²) in [4.78, 5) is 26.6. The lowest BCUT2D eigenvalue weighted by molar-refractivity contribution is -0.124. The number of hydrogen-bond acceptors (Lipinski definition) is 3. The van der Waals surface area contributed by atoms with Gasteiger partial charge >= 0.3 is 6.09 Å². The third-order valence-electron chi connectivity index (χ3n) is 8.08. The monoisotopic (exact) mass is 550 g/mol. The number of halogens is 2. The summed E-state index contributed by atoms with van der Waals surface area (Å²) in [5.41, 5.74) is 3.10. The van der Waals surface area contributed by atoms with E-state index < -0.39 is 6.09 Å². The van der Waals surface area contributed by atoms with Crippen LogP contribution in [-0.4, -0.2) is 53.5 Å². The summed E-state index contributed by atoms with van der Waals surface area (Å²) in [7, 11) is 1.46. The molecular formula is C32H36ClFN2O3. The van der Waals surface area contributed by atoms with Crippen LogP contribution in [0.1, 0.15) is 48.8 Å². The zero-order chi connectivity index (χ0) is 28.0. The van der Waals surface area contributed by atoms with Gasteiger partial charge < -0.3 is 14.9 Å². The molecule has 1 aliphatic heterocycles. The van der Waals surface area contributed by atoms with Crippen molar-refractivity contribution < 1.29 is 19.1 Å². The summed E-state index contributed by atoms with van der Waals surface area (Å²) in [5.74, 6) is 1.43. The minimum Gasteiger partial charge on any atom is -0.465 e. The van der Waals surface area contributed by atoms with Gasteiger partial charge in [-0.15, -0.1) is 0 Å². The van der Waals surface area contributed by atoms with Crippen LogP contribution in [0.15, 0.2) is 78.9 Å². The van der Waals surface area contributed by atoms with Crippen LogP contribution in [0.2, 0.25) is 5.02 Å². The second-order valence-electron chi connectivity index (χ2n) is 10.7. The largest absolute Gasteiger partial charge is 0.465 e. The first-order valence-corrected chi connectivity index (χ1v) is 13.8. The molecule has 7 heteroatoms. The van der Waals surface area contributed by atoms with Crippen molar-refractivity contribution in [2.24, 2.45) is 5.92 Å². The highest BCUT2D eigenvalue weighted by Gasteiger charge is 2.43. The van der Waals surface area contributed by atoms with Crippen LogP contribution in [0.5, 0.6) is 0 Å². The van der Waals surface area contributed by atoms with Gasteiger partial charge in [0, 0.05) is 25.2 Å². The molecule has 5 rings (SSSR count). The molecule has 0 bridgehead atoms. The number of nitrogens with zero attached hydrogens (tertiary/aromatic N) is 2. The van der Waals surface area contributed by atoms with Gasteiger partial charge in [0.25, 0.3) is 0 Å². The first-order chi connectivity index (χ1) is 18.7. The van der Waals surface area contributed by atoms with Crippen LogP contribution in [0.25, 0.3) is 0 Å². The molecule has 5 nitrogen and oxygen atoms in total. The number of rotatable bonds is 7. The van der Waals surface area contributed by atoms with E-state index in [-0.39, 0.29) is 17.8 Å². The third-order valence-corrected chi connectivity index (χ3v) is 8.33. The van der Waals surface area contributed by atoms with Crippen LogP contribution in [0.4, 0.5) is 9.18 Å². The number of Topliss-reactive ketones (excluding diaryl/α,β-unsaturated/α-hetero) is 1. The molecule has 2 atom stereocenters. The van der Waals surface area contributed by atoms with Gasteiger partial charge in [-0.3, -0.25) is 4.79 Å². The SMILES string of the molecule is CC(=O)C1(c2ccccc2)CCN(C[C@@H]2C[C@@H]2c2ccc(Cl)cc2)CC1.CN(Cc1ccc(F)cc1)C(=O)O. The Morgan fingerprint density at radius 2 is 1.62 bits per heavy atom. The van der Waals surface area contributed by atoms with Crippen molar-refractivity contribution in [3.8, 4) is 0 Å². The Kier molecular flexibility index (Phi) is 9.41. The van der Waals surface area contributed by atoms with Gasteiger partial charge in [-0.25, -0.2) is 9.18 Å². The smallest absolute Gasteiger partial charge is 0.407 e. The summed E-state index contributed by atoms with van der Waals surface area (Å²) in [5, 5.41) is 9.36. The molecule has 0 unspecified atom stereocenters. The Bertz CT molecular complexity index is 1240. The number of carboxylic acid groups (broad SMARTS) is 1. The Hall–Kier alpha value is -3.22. The molecule has 39 heavy (non-hydrogen) atoms. The van der Waals surface area contributed by atoms with Crippen LogP contribution in [0.3, 0.4) is 0 Å². The van der Waals surface area contributed by atoms with Gasteiger partial charge in [-0.2, -0.15) is 0 Å². The molecule has 0 aromatic heterocycles. The highest BCUT2D eigenvalue weighted by molar-refractivity contribution is 6.30. The van der Waals surface area contributed by atoms with E-state index >= 15 is 0 Å².